The molecule has 13 heavy (non-hydrogen) atoms. The van der Waals surface area contributed by atoms with Crippen LogP contribution in [0, 0.1) is 23.2 Å². The third kappa shape index (κ3) is 1.09. The molecule has 3 atom stereocenters. The smallest absolute Gasteiger partial charge is 0.00414 e. The van der Waals surface area contributed by atoms with Crippen LogP contribution in [0.4, 0.5) is 0 Å². The van der Waals surface area contributed by atoms with Gasteiger partial charge in [0.15, 0.2) is 0 Å². The molecule has 1 spiro atoms. The molecule has 3 bridgehead atoms. The summed E-state index contributed by atoms with van der Waals surface area (Å²) < 4.78 is 0. The maximum Gasteiger partial charge on any atom is 0.00414 e. The lowest BCUT2D eigenvalue weighted by atomic mass is 9.44. The van der Waals surface area contributed by atoms with E-state index in [-0.39, 0.29) is 0 Å². The molecule has 0 radical (unpaired) electrons. The van der Waals surface area contributed by atoms with Crippen LogP contribution in [0.1, 0.15) is 45.4 Å². The lowest BCUT2D eigenvalue weighted by Crippen LogP contribution is -2.52. The fraction of sp³-hybridized carbons (Fsp3) is 1.00. The Labute approximate surface area is 81.1 Å². The molecule has 0 aromatic rings. The van der Waals surface area contributed by atoms with Gasteiger partial charge in [-0.3, -0.25) is 0 Å². The van der Waals surface area contributed by atoms with E-state index in [1.165, 1.54) is 25.7 Å². The van der Waals surface area contributed by atoms with Gasteiger partial charge >= 0.3 is 0 Å². The first-order valence-electron chi connectivity index (χ1n) is 5.94. The van der Waals surface area contributed by atoms with E-state index in [1.54, 1.807) is 12.8 Å². The molecule has 0 saturated heterocycles. The largest absolute Gasteiger partial charge is 0.328 e. The van der Waals surface area contributed by atoms with Crippen LogP contribution < -0.4 is 5.73 Å². The molecule has 4 fully saturated rings. The molecular weight excluding hydrogens is 158 g/mol. The van der Waals surface area contributed by atoms with Gasteiger partial charge in [-0.1, -0.05) is 0 Å². The molecule has 74 valence electrons. The predicted octanol–water partition coefficient (Wildman–Crippen LogP) is 2.55. The Bertz CT molecular complexity index is 215. The fourth-order valence-electron chi connectivity index (χ4n) is 4.60. The van der Waals surface area contributed by atoms with Crippen molar-refractivity contribution in [2.45, 2.75) is 51.5 Å². The Kier molecular flexibility index (Phi) is 1.59. The van der Waals surface area contributed by atoms with Crippen molar-refractivity contribution < 1.29 is 0 Å². The standard InChI is InChI=1S/C12H21N/c1-8(13)11-2-3-12-5-9(6-12)4-10(11)7-12/h8-11H,2-7,13H2,1H3. The first kappa shape index (κ1) is 8.28. The van der Waals surface area contributed by atoms with Crippen LogP contribution in [0.15, 0.2) is 0 Å². The SMILES string of the molecule is CC(N)C1CCC23CC(CC1C2)C3. The molecule has 0 heterocycles. The Morgan fingerprint density at radius 3 is 2.77 bits per heavy atom. The molecule has 1 heteroatoms. The van der Waals surface area contributed by atoms with Crippen molar-refractivity contribution in [3.63, 3.8) is 0 Å². The minimum Gasteiger partial charge on any atom is -0.328 e. The van der Waals surface area contributed by atoms with Crippen molar-refractivity contribution in [1.29, 1.82) is 0 Å². The number of hydrogen-bond donors (Lipinski definition) is 1. The summed E-state index contributed by atoms with van der Waals surface area (Å²) in [6.07, 6.45) is 9.08. The lowest BCUT2D eigenvalue weighted by molar-refractivity contribution is -0.0990. The van der Waals surface area contributed by atoms with Crippen LogP contribution in [-0.4, -0.2) is 6.04 Å². The predicted molar refractivity (Wildman–Crippen MR) is 54.3 cm³/mol. The van der Waals surface area contributed by atoms with Gasteiger partial charge in [0.1, 0.15) is 0 Å². The zero-order valence-corrected chi connectivity index (χ0v) is 8.63. The van der Waals surface area contributed by atoms with Crippen LogP contribution in [-0.2, 0) is 0 Å². The minimum atomic E-state index is 0.444. The van der Waals surface area contributed by atoms with Gasteiger partial charge < -0.3 is 5.73 Å². The van der Waals surface area contributed by atoms with Crippen molar-refractivity contribution >= 4 is 0 Å². The second-order valence-corrected chi connectivity index (χ2v) is 6.04. The number of rotatable bonds is 1. The highest BCUT2D eigenvalue weighted by molar-refractivity contribution is 5.05. The van der Waals surface area contributed by atoms with Gasteiger partial charge in [0.2, 0.25) is 0 Å². The first-order valence-corrected chi connectivity index (χ1v) is 5.94. The molecule has 3 unspecified atom stereocenters. The molecule has 1 nitrogen and oxygen atoms in total. The van der Waals surface area contributed by atoms with E-state index in [0.29, 0.717) is 6.04 Å². The van der Waals surface area contributed by atoms with Gasteiger partial charge in [-0.2, -0.15) is 0 Å². The second kappa shape index (κ2) is 2.50. The fourth-order valence-corrected chi connectivity index (χ4v) is 4.60. The van der Waals surface area contributed by atoms with E-state index in [0.717, 1.165) is 23.2 Å². The number of hydrogen-bond acceptors (Lipinski definition) is 1. The maximum absolute atomic E-state index is 6.06. The van der Waals surface area contributed by atoms with E-state index in [1.807, 2.05) is 0 Å². The van der Waals surface area contributed by atoms with Gasteiger partial charge in [-0.25, -0.2) is 0 Å². The van der Waals surface area contributed by atoms with Gasteiger partial charge in [0.25, 0.3) is 0 Å². The summed E-state index contributed by atoms with van der Waals surface area (Å²) >= 11 is 0. The molecule has 4 rings (SSSR count). The summed E-state index contributed by atoms with van der Waals surface area (Å²) in [6.45, 7) is 2.21. The summed E-state index contributed by atoms with van der Waals surface area (Å²) in [6, 6.07) is 0.444. The van der Waals surface area contributed by atoms with Gasteiger partial charge in [0, 0.05) is 6.04 Å². The van der Waals surface area contributed by atoms with E-state index in [4.69, 9.17) is 5.73 Å². The normalized spacial score (nSPS) is 55.4. The third-order valence-electron chi connectivity index (χ3n) is 5.06. The Balaban J connectivity index is 1.78. The zero-order chi connectivity index (χ0) is 9.05. The lowest BCUT2D eigenvalue weighted by Gasteiger charge is -2.61. The topological polar surface area (TPSA) is 26.0 Å². The zero-order valence-electron chi connectivity index (χ0n) is 8.63. The number of nitrogens with two attached hydrogens (primary N) is 1. The monoisotopic (exact) mass is 179 g/mol. The van der Waals surface area contributed by atoms with E-state index in [2.05, 4.69) is 6.92 Å². The van der Waals surface area contributed by atoms with Crippen molar-refractivity contribution in [1.82, 2.24) is 0 Å². The molecule has 4 aliphatic carbocycles. The second-order valence-electron chi connectivity index (χ2n) is 6.04. The quantitative estimate of drug-likeness (QED) is 0.657. The molecule has 4 saturated carbocycles. The van der Waals surface area contributed by atoms with Crippen LogP contribution in [0.5, 0.6) is 0 Å². The van der Waals surface area contributed by atoms with E-state index < -0.39 is 0 Å². The van der Waals surface area contributed by atoms with Gasteiger partial charge in [0.05, 0.1) is 0 Å². The highest BCUT2D eigenvalue weighted by Gasteiger charge is 2.54. The first-order chi connectivity index (χ1) is 6.19. The molecule has 0 aromatic carbocycles. The summed E-state index contributed by atoms with van der Waals surface area (Å²) in [7, 11) is 0. The molecular formula is C12H21N. The summed E-state index contributed by atoms with van der Waals surface area (Å²) in [5, 5.41) is 0. The molecule has 0 aromatic heterocycles. The average molecular weight is 179 g/mol. The van der Waals surface area contributed by atoms with Crippen molar-refractivity contribution in [3.05, 3.63) is 0 Å². The van der Waals surface area contributed by atoms with Gasteiger partial charge in [-0.15, -0.1) is 0 Å². The Hall–Kier alpha value is -0.0400. The molecule has 4 aliphatic rings. The van der Waals surface area contributed by atoms with Crippen LogP contribution >= 0.6 is 0 Å². The molecule has 0 aliphatic heterocycles. The van der Waals surface area contributed by atoms with Crippen molar-refractivity contribution in [3.8, 4) is 0 Å². The summed E-state index contributed by atoms with van der Waals surface area (Å²) in [5.41, 5.74) is 6.89. The highest BCUT2D eigenvalue weighted by Crippen LogP contribution is 2.64. The summed E-state index contributed by atoms with van der Waals surface area (Å²) in [5.74, 6) is 2.96. The van der Waals surface area contributed by atoms with Crippen molar-refractivity contribution in [2.24, 2.45) is 28.9 Å². The van der Waals surface area contributed by atoms with Crippen LogP contribution in [0.25, 0.3) is 0 Å². The third-order valence-corrected chi connectivity index (χ3v) is 5.06. The van der Waals surface area contributed by atoms with E-state index in [9.17, 15) is 0 Å². The van der Waals surface area contributed by atoms with Crippen LogP contribution in [0.2, 0.25) is 0 Å². The van der Waals surface area contributed by atoms with Crippen LogP contribution in [0.3, 0.4) is 0 Å². The summed E-state index contributed by atoms with van der Waals surface area (Å²) in [4.78, 5) is 0. The average Bonchev–Trinajstić information content (AvgIpc) is 2.01. The van der Waals surface area contributed by atoms with E-state index >= 15 is 0 Å². The Morgan fingerprint density at radius 1 is 1.31 bits per heavy atom. The molecule has 0 amide bonds. The highest BCUT2D eigenvalue weighted by atomic mass is 14.7. The molecule has 2 N–H and O–H groups in total. The Morgan fingerprint density at radius 2 is 2.08 bits per heavy atom. The minimum absolute atomic E-state index is 0.444. The van der Waals surface area contributed by atoms with Crippen molar-refractivity contribution in [2.75, 3.05) is 0 Å². The maximum atomic E-state index is 6.06. The van der Waals surface area contributed by atoms with Gasteiger partial charge in [-0.05, 0) is 68.6 Å².